The van der Waals surface area contributed by atoms with Gasteiger partial charge < -0.3 is 0 Å². The van der Waals surface area contributed by atoms with Gasteiger partial charge in [-0.2, -0.15) is 5.26 Å². The van der Waals surface area contributed by atoms with Crippen LogP contribution < -0.4 is 0 Å². The largest absolute Gasteiger partial charge is 0.228 e. The SMILES string of the molecule is CC1(C)c2cc(C#N)ccc2-c2ccc(-c3ccc(-c4cccc(-c5cc(-c6ccccc6)nc(-c6ccccc6)n5)c4)cc3)cc21. The minimum atomic E-state index is -0.171. The van der Waals surface area contributed by atoms with Crippen LogP contribution in [0.2, 0.25) is 0 Å². The fraction of sp³-hybridized carbons (Fsp3) is 0.0682. The van der Waals surface area contributed by atoms with Gasteiger partial charge >= 0.3 is 0 Å². The number of hydrogen-bond acceptors (Lipinski definition) is 3. The molecule has 1 heterocycles. The molecular weight excluding hydrogens is 571 g/mol. The van der Waals surface area contributed by atoms with E-state index in [1.165, 1.54) is 33.4 Å². The summed E-state index contributed by atoms with van der Waals surface area (Å²) in [6, 6.07) is 55.0. The highest BCUT2D eigenvalue weighted by Gasteiger charge is 2.35. The zero-order valence-electron chi connectivity index (χ0n) is 26.3. The van der Waals surface area contributed by atoms with Gasteiger partial charge in [0.2, 0.25) is 0 Å². The Morgan fingerprint density at radius 2 is 0.957 bits per heavy atom. The molecule has 0 atom stereocenters. The maximum absolute atomic E-state index is 9.48. The number of aromatic nitrogens is 2. The molecule has 7 aromatic rings. The topological polar surface area (TPSA) is 49.6 Å². The fourth-order valence-electron chi connectivity index (χ4n) is 6.77. The highest BCUT2D eigenvalue weighted by molar-refractivity contribution is 5.84. The van der Waals surface area contributed by atoms with Crippen molar-refractivity contribution in [1.29, 1.82) is 5.26 Å². The Balaban J connectivity index is 1.13. The maximum Gasteiger partial charge on any atom is 0.160 e. The standard InChI is InChI=1S/C44H31N3/c1-44(2)39-24-29(28-45)16-22-37(39)38-23-21-35(26-40(38)44)31-19-17-30(18-20-31)34-14-9-15-36(25-34)42-27-41(32-10-5-3-6-11-32)46-43(47-42)33-12-7-4-8-13-33/h3-27H,1-2H3. The van der Waals surface area contributed by atoms with Crippen molar-refractivity contribution in [3.8, 4) is 73.4 Å². The van der Waals surface area contributed by atoms with Crippen molar-refractivity contribution in [2.75, 3.05) is 0 Å². The lowest BCUT2D eigenvalue weighted by Gasteiger charge is -2.22. The van der Waals surface area contributed by atoms with Gasteiger partial charge in [0, 0.05) is 22.1 Å². The molecule has 0 N–H and O–H groups in total. The van der Waals surface area contributed by atoms with Crippen molar-refractivity contribution in [2.45, 2.75) is 19.3 Å². The molecule has 0 spiro atoms. The number of rotatable bonds is 5. The molecule has 1 aliphatic rings. The Labute approximate surface area is 275 Å². The van der Waals surface area contributed by atoms with E-state index < -0.39 is 0 Å². The van der Waals surface area contributed by atoms with Crippen molar-refractivity contribution < 1.29 is 0 Å². The van der Waals surface area contributed by atoms with Gasteiger partial charge in [0.25, 0.3) is 0 Å². The first-order chi connectivity index (χ1) is 23.0. The van der Waals surface area contributed by atoms with Crippen molar-refractivity contribution in [3.05, 3.63) is 168 Å². The molecule has 0 unspecified atom stereocenters. The minimum Gasteiger partial charge on any atom is -0.228 e. The third kappa shape index (κ3) is 5.11. The van der Waals surface area contributed by atoms with Crippen LogP contribution in [0.3, 0.4) is 0 Å². The second-order valence-corrected chi connectivity index (χ2v) is 12.6. The summed E-state index contributed by atoms with van der Waals surface area (Å²) in [6.07, 6.45) is 0. The van der Waals surface area contributed by atoms with E-state index >= 15 is 0 Å². The van der Waals surface area contributed by atoms with E-state index in [2.05, 4.69) is 123 Å². The lowest BCUT2D eigenvalue weighted by molar-refractivity contribution is 0.660. The van der Waals surface area contributed by atoms with Crippen LogP contribution in [0.5, 0.6) is 0 Å². The maximum atomic E-state index is 9.48. The molecule has 222 valence electrons. The number of nitrogens with zero attached hydrogens (tertiary/aromatic N) is 3. The Morgan fingerprint density at radius 3 is 1.62 bits per heavy atom. The molecule has 3 heteroatoms. The van der Waals surface area contributed by atoms with Crippen LogP contribution in [-0.4, -0.2) is 9.97 Å². The van der Waals surface area contributed by atoms with E-state index in [-0.39, 0.29) is 5.41 Å². The second kappa shape index (κ2) is 11.4. The minimum absolute atomic E-state index is 0.171. The summed E-state index contributed by atoms with van der Waals surface area (Å²) in [6.45, 7) is 4.50. The number of nitriles is 1. The van der Waals surface area contributed by atoms with Crippen LogP contribution in [0.4, 0.5) is 0 Å². The summed E-state index contributed by atoms with van der Waals surface area (Å²) in [7, 11) is 0. The highest BCUT2D eigenvalue weighted by atomic mass is 14.9. The van der Waals surface area contributed by atoms with Gasteiger partial charge in [-0.15, -0.1) is 0 Å². The van der Waals surface area contributed by atoms with E-state index in [1.807, 2.05) is 48.5 Å². The van der Waals surface area contributed by atoms with E-state index in [1.54, 1.807) is 0 Å². The lowest BCUT2D eigenvalue weighted by atomic mass is 9.81. The summed E-state index contributed by atoms with van der Waals surface area (Å²) in [5.41, 5.74) is 15.1. The summed E-state index contributed by atoms with van der Waals surface area (Å²) >= 11 is 0. The van der Waals surface area contributed by atoms with Crippen LogP contribution in [-0.2, 0) is 5.41 Å². The number of fused-ring (bicyclic) bond motifs is 3. The van der Waals surface area contributed by atoms with Crippen molar-refractivity contribution >= 4 is 0 Å². The van der Waals surface area contributed by atoms with Gasteiger partial charge in [-0.05, 0) is 74.8 Å². The van der Waals surface area contributed by atoms with Crippen LogP contribution >= 0.6 is 0 Å². The molecule has 0 bridgehead atoms. The van der Waals surface area contributed by atoms with E-state index in [9.17, 15) is 5.26 Å². The average molecular weight is 602 g/mol. The fourth-order valence-corrected chi connectivity index (χ4v) is 6.77. The zero-order chi connectivity index (χ0) is 32.0. The summed E-state index contributed by atoms with van der Waals surface area (Å²) < 4.78 is 0. The molecule has 1 aliphatic carbocycles. The van der Waals surface area contributed by atoms with Crippen LogP contribution in [0.1, 0.15) is 30.5 Å². The number of hydrogen-bond donors (Lipinski definition) is 0. The average Bonchev–Trinajstić information content (AvgIpc) is 3.37. The van der Waals surface area contributed by atoms with Gasteiger partial charge in [0.05, 0.1) is 23.0 Å². The van der Waals surface area contributed by atoms with E-state index in [4.69, 9.17) is 9.97 Å². The quantitative estimate of drug-likeness (QED) is 0.197. The molecule has 0 radical (unpaired) electrons. The van der Waals surface area contributed by atoms with E-state index in [0.717, 1.165) is 39.2 Å². The Bertz CT molecular complexity index is 2260. The summed E-state index contributed by atoms with van der Waals surface area (Å²) in [4.78, 5) is 9.97. The van der Waals surface area contributed by atoms with Crippen LogP contribution in [0, 0.1) is 11.3 Å². The molecular formula is C44H31N3. The summed E-state index contributed by atoms with van der Waals surface area (Å²) in [5.74, 6) is 0.711. The molecule has 6 aromatic carbocycles. The van der Waals surface area contributed by atoms with Gasteiger partial charge in [0.15, 0.2) is 5.82 Å². The molecule has 0 aliphatic heterocycles. The Morgan fingerprint density at radius 1 is 0.447 bits per heavy atom. The first-order valence-corrected chi connectivity index (χ1v) is 15.9. The van der Waals surface area contributed by atoms with Gasteiger partial charge in [-0.1, -0.05) is 135 Å². The normalized spacial score (nSPS) is 12.6. The Hall–Kier alpha value is -6.11. The molecule has 47 heavy (non-hydrogen) atoms. The van der Waals surface area contributed by atoms with Crippen molar-refractivity contribution in [1.82, 2.24) is 9.97 Å². The van der Waals surface area contributed by atoms with Gasteiger partial charge in [-0.3, -0.25) is 0 Å². The predicted octanol–water partition coefficient (Wildman–Crippen LogP) is 11.0. The van der Waals surface area contributed by atoms with Gasteiger partial charge in [0.1, 0.15) is 0 Å². The Kier molecular flexibility index (Phi) is 6.85. The highest BCUT2D eigenvalue weighted by Crippen LogP contribution is 2.50. The first kappa shape index (κ1) is 28.4. The summed E-state index contributed by atoms with van der Waals surface area (Å²) in [5, 5.41) is 9.48. The lowest BCUT2D eigenvalue weighted by Crippen LogP contribution is -2.15. The first-order valence-electron chi connectivity index (χ1n) is 15.9. The molecule has 3 nitrogen and oxygen atoms in total. The predicted molar refractivity (Wildman–Crippen MR) is 191 cm³/mol. The monoisotopic (exact) mass is 601 g/mol. The molecule has 1 aromatic heterocycles. The van der Waals surface area contributed by atoms with E-state index in [0.29, 0.717) is 11.4 Å². The third-order valence-corrected chi connectivity index (χ3v) is 9.34. The molecule has 0 saturated heterocycles. The third-order valence-electron chi connectivity index (χ3n) is 9.34. The second-order valence-electron chi connectivity index (χ2n) is 12.6. The van der Waals surface area contributed by atoms with Gasteiger partial charge in [-0.25, -0.2) is 9.97 Å². The smallest absolute Gasteiger partial charge is 0.160 e. The molecule has 8 rings (SSSR count). The molecule has 0 amide bonds. The molecule has 0 saturated carbocycles. The van der Waals surface area contributed by atoms with Crippen molar-refractivity contribution in [2.24, 2.45) is 0 Å². The molecule has 0 fully saturated rings. The van der Waals surface area contributed by atoms with Crippen LogP contribution in [0.15, 0.2) is 152 Å². The number of benzene rings is 6. The zero-order valence-corrected chi connectivity index (χ0v) is 26.3. The van der Waals surface area contributed by atoms with Crippen LogP contribution in [0.25, 0.3) is 67.3 Å². The van der Waals surface area contributed by atoms with Crippen molar-refractivity contribution in [3.63, 3.8) is 0 Å².